The number of carbonyl (C=O) groups is 2. The monoisotopic (exact) mass is 372 g/mol. The summed E-state index contributed by atoms with van der Waals surface area (Å²) in [7, 11) is 0. The average Bonchev–Trinajstić information content (AvgIpc) is 2.70. The molecule has 0 unspecified atom stereocenters. The number of aryl methyl sites for hydroxylation is 1. The van der Waals surface area contributed by atoms with Crippen molar-refractivity contribution in [2.45, 2.75) is 26.2 Å². The van der Waals surface area contributed by atoms with Crippen molar-refractivity contribution in [3.05, 3.63) is 95.6 Å². The van der Waals surface area contributed by atoms with Gasteiger partial charge in [-0.2, -0.15) is 0 Å². The van der Waals surface area contributed by atoms with Crippen LogP contribution in [0.5, 0.6) is 0 Å². The molecule has 0 atom stereocenters. The lowest BCUT2D eigenvalue weighted by Gasteiger charge is -2.18. The molecule has 3 aromatic rings. The van der Waals surface area contributed by atoms with Gasteiger partial charge in [0, 0.05) is 30.6 Å². The van der Waals surface area contributed by atoms with Gasteiger partial charge in [-0.25, -0.2) is 0 Å². The lowest BCUT2D eigenvalue weighted by atomic mass is 9.88. The Morgan fingerprint density at radius 2 is 1.39 bits per heavy atom. The van der Waals surface area contributed by atoms with E-state index in [1.165, 1.54) is 6.92 Å². The molecule has 28 heavy (non-hydrogen) atoms. The van der Waals surface area contributed by atoms with E-state index >= 15 is 0 Å². The van der Waals surface area contributed by atoms with Crippen LogP contribution in [0.4, 0.5) is 11.4 Å². The number of rotatable bonds is 6. The van der Waals surface area contributed by atoms with E-state index in [4.69, 9.17) is 0 Å². The predicted molar refractivity (Wildman–Crippen MR) is 113 cm³/mol. The van der Waals surface area contributed by atoms with Crippen LogP contribution in [0.1, 0.15) is 36.0 Å². The van der Waals surface area contributed by atoms with E-state index in [2.05, 4.69) is 10.6 Å². The summed E-state index contributed by atoms with van der Waals surface area (Å²) in [6, 6.07) is 25.6. The molecule has 3 rings (SSSR count). The van der Waals surface area contributed by atoms with Crippen LogP contribution >= 0.6 is 0 Å². The predicted octanol–water partition coefficient (Wildman–Crippen LogP) is 5.11. The lowest BCUT2D eigenvalue weighted by molar-refractivity contribution is -0.116. The average molecular weight is 372 g/mol. The summed E-state index contributed by atoms with van der Waals surface area (Å²) in [5.74, 6) is -0.238. The Morgan fingerprint density at radius 3 is 1.93 bits per heavy atom. The maximum atomic E-state index is 12.8. The molecular formula is C24H24N2O2. The minimum Gasteiger partial charge on any atom is -0.326 e. The molecule has 0 heterocycles. The van der Waals surface area contributed by atoms with Crippen LogP contribution < -0.4 is 10.6 Å². The Hall–Kier alpha value is -3.40. The fraction of sp³-hybridized carbons (Fsp3) is 0.167. The zero-order valence-electron chi connectivity index (χ0n) is 16.1. The van der Waals surface area contributed by atoms with Crippen LogP contribution in [0, 0.1) is 6.92 Å². The quantitative estimate of drug-likeness (QED) is 0.631. The molecule has 0 spiro atoms. The van der Waals surface area contributed by atoms with Gasteiger partial charge in [0.05, 0.1) is 0 Å². The highest BCUT2D eigenvalue weighted by Gasteiger charge is 2.18. The van der Waals surface area contributed by atoms with Crippen molar-refractivity contribution in [1.29, 1.82) is 0 Å². The van der Waals surface area contributed by atoms with Crippen LogP contribution in [0.3, 0.4) is 0 Å². The van der Waals surface area contributed by atoms with Crippen LogP contribution in [0.15, 0.2) is 78.9 Å². The van der Waals surface area contributed by atoms with Gasteiger partial charge < -0.3 is 10.6 Å². The smallest absolute Gasteiger partial charge is 0.225 e. The molecule has 4 heteroatoms. The first-order valence-electron chi connectivity index (χ1n) is 9.31. The zero-order chi connectivity index (χ0) is 19.9. The van der Waals surface area contributed by atoms with Gasteiger partial charge in [-0.05, 0) is 35.7 Å². The summed E-state index contributed by atoms with van der Waals surface area (Å²) in [6.07, 6.45) is 0.331. The standard InChI is InChI=1S/C24H24N2O2/c1-17-13-14-21(15-23(17)25-18(2)27)26-24(28)16-22(19-9-5-3-6-10-19)20-11-7-4-8-12-20/h3-15,22H,16H2,1-2H3,(H,25,27)(H,26,28). The van der Waals surface area contributed by atoms with Crippen LogP contribution in [0.2, 0.25) is 0 Å². The fourth-order valence-electron chi connectivity index (χ4n) is 3.22. The van der Waals surface area contributed by atoms with E-state index in [1.807, 2.05) is 79.7 Å². The normalized spacial score (nSPS) is 10.5. The summed E-state index contributed by atoms with van der Waals surface area (Å²) >= 11 is 0. The van der Waals surface area contributed by atoms with E-state index in [0.717, 1.165) is 16.7 Å². The fourth-order valence-corrected chi connectivity index (χ4v) is 3.22. The largest absolute Gasteiger partial charge is 0.326 e. The SMILES string of the molecule is CC(=O)Nc1cc(NC(=O)CC(c2ccccc2)c2ccccc2)ccc1C. The van der Waals surface area contributed by atoms with Gasteiger partial charge in [-0.3, -0.25) is 9.59 Å². The van der Waals surface area contributed by atoms with Crippen LogP contribution in [-0.4, -0.2) is 11.8 Å². The molecule has 2 amide bonds. The second-order valence-corrected chi connectivity index (χ2v) is 6.84. The van der Waals surface area contributed by atoms with Crippen LogP contribution in [0.25, 0.3) is 0 Å². The van der Waals surface area contributed by atoms with Gasteiger partial charge in [-0.15, -0.1) is 0 Å². The summed E-state index contributed by atoms with van der Waals surface area (Å²) < 4.78 is 0. The molecule has 2 N–H and O–H groups in total. The molecule has 0 saturated heterocycles. The lowest BCUT2D eigenvalue weighted by Crippen LogP contribution is -2.17. The highest BCUT2D eigenvalue weighted by Crippen LogP contribution is 2.28. The Balaban J connectivity index is 1.79. The maximum absolute atomic E-state index is 12.8. The van der Waals surface area contributed by atoms with E-state index in [-0.39, 0.29) is 17.7 Å². The summed E-state index contributed by atoms with van der Waals surface area (Å²) in [5.41, 5.74) is 4.52. The van der Waals surface area contributed by atoms with Gasteiger partial charge in [0.1, 0.15) is 0 Å². The minimum atomic E-state index is -0.139. The number of anilines is 2. The Labute approximate surface area is 165 Å². The summed E-state index contributed by atoms with van der Waals surface area (Å²) in [6.45, 7) is 3.38. The molecule has 3 aromatic carbocycles. The molecule has 0 aromatic heterocycles. The second kappa shape index (κ2) is 9.00. The van der Waals surface area contributed by atoms with Crippen molar-refractivity contribution < 1.29 is 9.59 Å². The maximum Gasteiger partial charge on any atom is 0.225 e. The van der Waals surface area contributed by atoms with Crippen molar-refractivity contribution in [3.63, 3.8) is 0 Å². The number of carbonyl (C=O) groups excluding carboxylic acids is 2. The van der Waals surface area contributed by atoms with Crippen LogP contribution in [-0.2, 0) is 9.59 Å². The molecule has 142 valence electrons. The molecule has 0 radical (unpaired) electrons. The van der Waals surface area contributed by atoms with Crippen molar-refractivity contribution in [3.8, 4) is 0 Å². The second-order valence-electron chi connectivity index (χ2n) is 6.84. The number of nitrogens with one attached hydrogen (secondary N) is 2. The first-order chi connectivity index (χ1) is 13.5. The minimum absolute atomic E-state index is 0.0253. The molecule has 0 aliphatic carbocycles. The highest BCUT2D eigenvalue weighted by molar-refractivity contribution is 5.94. The van der Waals surface area contributed by atoms with Crippen molar-refractivity contribution in [2.24, 2.45) is 0 Å². The van der Waals surface area contributed by atoms with Gasteiger partial charge in [0.2, 0.25) is 11.8 Å². The molecule has 0 aliphatic rings. The Morgan fingerprint density at radius 1 is 0.821 bits per heavy atom. The Kier molecular flexibility index (Phi) is 6.22. The van der Waals surface area contributed by atoms with E-state index in [9.17, 15) is 9.59 Å². The molecule has 4 nitrogen and oxygen atoms in total. The van der Waals surface area contributed by atoms with Gasteiger partial charge in [-0.1, -0.05) is 66.7 Å². The number of hydrogen-bond acceptors (Lipinski definition) is 2. The zero-order valence-corrected chi connectivity index (χ0v) is 16.1. The molecule has 0 aliphatic heterocycles. The topological polar surface area (TPSA) is 58.2 Å². The van der Waals surface area contributed by atoms with E-state index in [1.54, 1.807) is 6.07 Å². The highest BCUT2D eigenvalue weighted by atomic mass is 16.2. The summed E-state index contributed by atoms with van der Waals surface area (Å²) in [5, 5.41) is 5.75. The third-order valence-corrected chi connectivity index (χ3v) is 4.63. The molecular weight excluding hydrogens is 348 g/mol. The first kappa shape index (κ1) is 19.4. The first-order valence-corrected chi connectivity index (χ1v) is 9.31. The van der Waals surface area contributed by atoms with Gasteiger partial charge in [0.15, 0.2) is 0 Å². The molecule has 0 fully saturated rings. The van der Waals surface area contributed by atoms with Crippen molar-refractivity contribution >= 4 is 23.2 Å². The van der Waals surface area contributed by atoms with Gasteiger partial charge in [0.25, 0.3) is 0 Å². The third kappa shape index (κ3) is 5.07. The summed E-state index contributed by atoms with van der Waals surface area (Å²) in [4.78, 5) is 24.1. The molecule has 0 bridgehead atoms. The van der Waals surface area contributed by atoms with Crippen molar-refractivity contribution in [2.75, 3.05) is 10.6 Å². The number of hydrogen-bond donors (Lipinski definition) is 2. The molecule has 0 saturated carbocycles. The van der Waals surface area contributed by atoms with Crippen molar-refractivity contribution in [1.82, 2.24) is 0 Å². The van der Waals surface area contributed by atoms with E-state index in [0.29, 0.717) is 17.8 Å². The van der Waals surface area contributed by atoms with Gasteiger partial charge >= 0.3 is 0 Å². The van der Waals surface area contributed by atoms with E-state index < -0.39 is 0 Å². The Bertz CT molecular complexity index is 913. The number of benzene rings is 3. The number of amides is 2. The third-order valence-electron chi connectivity index (χ3n) is 4.63.